The number of benzene rings is 1. The Bertz CT molecular complexity index is 573. The molecule has 0 atom stereocenters. The van der Waals surface area contributed by atoms with E-state index in [2.05, 4.69) is 0 Å². The zero-order valence-corrected chi connectivity index (χ0v) is 9.93. The molecule has 1 rings (SSSR count). The number of rotatable bonds is 3. The summed E-state index contributed by atoms with van der Waals surface area (Å²) in [5, 5.41) is 10.6. The van der Waals surface area contributed by atoms with Gasteiger partial charge in [0.25, 0.3) is 21.2 Å². The topological polar surface area (TPSA) is 77.3 Å². The molecule has 0 N–H and O–H groups in total. The minimum absolute atomic E-state index is 0.201. The largest absolute Gasteiger partial charge is 0.279 e. The number of nitro groups is 1. The van der Waals surface area contributed by atoms with Crippen molar-refractivity contribution in [3.8, 4) is 0 Å². The lowest BCUT2D eigenvalue weighted by molar-refractivity contribution is -0.386. The van der Waals surface area contributed by atoms with Crippen LogP contribution in [0.5, 0.6) is 0 Å². The maximum atomic E-state index is 12.6. The van der Waals surface area contributed by atoms with Crippen LogP contribution in [0, 0.1) is 17.0 Å². The molecule has 0 amide bonds. The summed E-state index contributed by atoms with van der Waals surface area (Å²) < 4.78 is 47.2. The maximum absolute atomic E-state index is 12.6. The molecule has 0 aliphatic rings. The number of aryl methyl sites for hydroxylation is 1. The van der Waals surface area contributed by atoms with E-state index >= 15 is 0 Å². The van der Waals surface area contributed by atoms with Gasteiger partial charge in [0, 0.05) is 16.7 Å². The molecule has 0 radical (unpaired) electrons. The van der Waals surface area contributed by atoms with Gasteiger partial charge in [-0.05, 0) is 18.6 Å². The first-order valence-electron chi connectivity index (χ1n) is 4.16. The normalized spacial score (nSPS) is 11.8. The van der Waals surface area contributed by atoms with Crippen LogP contribution < -0.4 is 0 Å². The van der Waals surface area contributed by atoms with Crippen molar-refractivity contribution in [2.45, 2.75) is 18.2 Å². The van der Waals surface area contributed by atoms with Crippen LogP contribution in [-0.2, 0) is 9.05 Å². The van der Waals surface area contributed by atoms with Gasteiger partial charge in [-0.3, -0.25) is 10.1 Å². The Morgan fingerprint density at radius 2 is 1.94 bits per heavy atom. The predicted octanol–water partition coefficient (Wildman–Crippen LogP) is 2.77. The van der Waals surface area contributed by atoms with E-state index in [4.69, 9.17) is 10.7 Å². The van der Waals surface area contributed by atoms with E-state index in [1.165, 1.54) is 0 Å². The first kappa shape index (κ1) is 13.8. The fraction of sp³-hybridized carbons (Fsp3) is 0.250. The monoisotopic (exact) mass is 285 g/mol. The van der Waals surface area contributed by atoms with E-state index in [9.17, 15) is 27.3 Å². The quantitative estimate of drug-likeness (QED) is 0.486. The van der Waals surface area contributed by atoms with Crippen molar-refractivity contribution < 1.29 is 22.1 Å². The summed E-state index contributed by atoms with van der Waals surface area (Å²) in [6.07, 6.45) is -3.07. The molecule has 0 aliphatic carbocycles. The minimum Gasteiger partial charge on any atom is -0.258 e. The molecule has 0 saturated carbocycles. The zero-order chi connectivity index (χ0) is 13.4. The first-order valence-corrected chi connectivity index (χ1v) is 6.47. The Balaban J connectivity index is 3.64. The van der Waals surface area contributed by atoms with Crippen molar-refractivity contribution in [1.29, 1.82) is 0 Å². The van der Waals surface area contributed by atoms with Gasteiger partial charge in [-0.1, -0.05) is 0 Å². The van der Waals surface area contributed by atoms with Gasteiger partial charge in [-0.15, -0.1) is 0 Å². The molecule has 17 heavy (non-hydrogen) atoms. The van der Waals surface area contributed by atoms with E-state index < -0.39 is 36.5 Å². The average Bonchev–Trinajstić information content (AvgIpc) is 2.13. The molecular weight excluding hydrogens is 280 g/mol. The smallest absolute Gasteiger partial charge is 0.258 e. The molecule has 94 valence electrons. The Morgan fingerprint density at radius 3 is 2.29 bits per heavy atom. The van der Waals surface area contributed by atoms with Crippen molar-refractivity contribution in [3.63, 3.8) is 0 Å². The van der Waals surface area contributed by atoms with Gasteiger partial charge < -0.3 is 0 Å². The predicted molar refractivity (Wildman–Crippen MR) is 55.8 cm³/mol. The third kappa shape index (κ3) is 2.89. The van der Waals surface area contributed by atoms with Crippen molar-refractivity contribution >= 4 is 25.4 Å². The molecule has 1 aromatic carbocycles. The van der Waals surface area contributed by atoms with Gasteiger partial charge in [-0.25, -0.2) is 17.2 Å². The first-order chi connectivity index (χ1) is 7.64. The lowest BCUT2D eigenvalue weighted by atomic mass is 10.1. The minimum atomic E-state index is -4.20. The number of hydrogen-bond acceptors (Lipinski definition) is 4. The Kier molecular flexibility index (Phi) is 3.68. The summed E-state index contributed by atoms with van der Waals surface area (Å²) in [4.78, 5) is 8.95. The van der Waals surface area contributed by atoms with Gasteiger partial charge in [0.2, 0.25) is 0 Å². The van der Waals surface area contributed by atoms with Crippen molar-refractivity contribution in [1.82, 2.24) is 0 Å². The summed E-state index contributed by atoms with van der Waals surface area (Å²) in [5.41, 5.74) is -1.97. The molecule has 0 aliphatic heterocycles. The van der Waals surface area contributed by atoms with E-state index in [-0.39, 0.29) is 5.56 Å². The Labute approximate surface area is 99.6 Å². The lowest BCUT2D eigenvalue weighted by Crippen LogP contribution is -2.02. The standard InChI is InChI=1S/C8H6ClF2NO4S/c1-4-2-5(17(9,15)16)3-6(12(13)14)7(4)8(10)11/h2-3,8H,1H3. The highest BCUT2D eigenvalue weighted by Gasteiger charge is 2.27. The van der Waals surface area contributed by atoms with Crippen LogP contribution in [0.3, 0.4) is 0 Å². The van der Waals surface area contributed by atoms with Crippen LogP contribution in [0.4, 0.5) is 14.5 Å². The highest BCUT2D eigenvalue weighted by atomic mass is 35.7. The second kappa shape index (κ2) is 4.53. The fourth-order valence-electron chi connectivity index (χ4n) is 1.32. The van der Waals surface area contributed by atoms with E-state index in [0.717, 1.165) is 13.0 Å². The van der Waals surface area contributed by atoms with Gasteiger partial charge in [0.1, 0.15) is 0 Å². The molecule has 0 heterocycles. The highest BCUT2D eigenvalue weighted by Crippen LogP contribution is 2.34. The Hall–Kier alpha value is -1.28. The molecule has 0 unspecified atom stereocenters. The number of hydrogen-bond donors (Lipinski definition) is 0. The van der Waals surface area contributed by atoms with Crippen molar-refractivity contribution in [3.05, 3.63) is 33.4 Å². The van der Waals surface area contributed by atoms with Gasteiger partial charge in [0.05, 0.1) is 15.4 Å². The molecular formula is C8H6ClF2NO4S. The van der Waals surface area contributed by atoms with Crippen LogP contribution in [0.2, 0.25) is 0 Å². The summed E-state index contributed by atoms with van der Waals surface area (Å²) in [6.45, 7) is 1.15. The third-order valence-corrected chi connectivity index (χ3v) is 3.37. The zero-order valence-electron chi connectivity index (χ0n) is 8.35. The average molecular weight is 286 g/mol. The fourth-order valence-corrected chi connectivity index (χ4v) is 2.16. The van der Waals surface area contributed by atoms with Crippen molar-refractivity contribution in [2.24, 2.45) is 0 Å². The van der Waals surface area contributed by atoms with Gasteiger partial charge >= 0.3 is 0 Å². The molecule has 0 aromatic heterocycles. The maximum Gasteiger partial charge on any atom is 0.279 e. The lowest BCUT2D eigenvalue weighted by Gasteiger charge is -2.07. The van der Waals surface area contributed by atoms with Crippen LogP contribution in [0.15, 0.2) is 17.0 Å². The van der Waals surface area contributed by atoms with Crippen LogP contribution >= 0.6 is 10.7 Å². The van der Waals surface area contributed by atoms with Crippen LogP contribution in [0.25, 0.3) is 0 Å². The van der Waals surface area contributed by atoms with E-state index in [0.29, 0.717) is 6.07 Å². The van der Waals surface area contributed by atoms with E-state index in [1.807, 2.05) is 0 Å². The molecule has 0 fully saturated rings. The van der Waals surface area contributed by atoms with E-state index in [1.54, 1.807) is 0 Å². The highest BCUT2D eigenvalue weighted by molar-refractivity contribution is 8.13. The second-order valence-corrected chi connectivity index (χ2v) is 5.73. The Morgan fingerprint density at radius 1 is 1.41 bits per heavy atom. The number of nitro benzene ring substituents is 1. The van der Waals surface area contributed by atoms with Gasteiger partial charge in [0.15, 0.2) is 0 Å². The third-order valence-electron chi connectivity index (χ3n) is 2.03. The summed E-state index contributed by atoms with van der Waals surface area (Å²) in [5.74, 6) is 0. The SMILES string of the molecule is Cc1cc(S(=O)(=O)Cl)cc([N+](=O)[O-])c1C(F)F. The van der Waals surface area contributed by atoms with Gasteiger partial charge in [-0.2, -0.15) is 0 Å². The molecule has 9 heteroatoms. The molecule has 0 saturated heterocycles. The second-order valence-electron chi connectivity index (χ2n) is 3.17. The van der Waals surface area contributed by atoms with Crippen LogP contribution in [0.1, 0.15) is 17.6 Å². The van der Waals surface area contributed by atoms with Crippen molar-refractivity contribution in [2.75, 3.05) is 0 Å². The molecule has 0 spiro atoms. The number of alkyl halides is 2. The molecule has 5 nitrogen and oxygen atoms in total. The summed E-state index contributed by atoms with van der Waals surface area (Å²) >= 11 is 0. The summed E-state index contributed by atoms with van der Waals surface area (Å²) in [6, 6.07) is 1.40. The molecule has 1 aromatic rings. The summed E-state index contributed by atoms with van der Waals surface area (Å²) in [7, 11) is 0.800. The number of nitrogens with zero attached hydrogens (tertiary/aromatic N) is 1. The number of halogens is 3. The molecule has 0 bridgehead atoms. The van der Waals surface area contributed by atoms with Crippen LogP contribution in [-0.4, -0.2) is 13.3 Å².